The van der Waals surface area contributed by atoms with Crippen LogP contribution in [0.3, 0.4) is 0 Å². The molecule has 0 saturated carbocycles. The van der Waals surface area contributed by atoms with Crippen LogP contribution >= 0.6 is 0 Å². The van der Waals surface area contributed by atoms with Crippen molar-refractivity contribution in [3.05, 3.63) is 35.1 Å². The second-order valence-corrected chi connectivity index (χ2v) is 5.16. The van der Waals surface area contributed by atoms with Crippen LogP contribution < -0.4 is 0 Å². The largest absolute Gasteiger partial charge is 0.478 e. The molecule has 2 rings (SSSR count). The fourth-order valence-corrected chi connectivity index (χ4v) is 2.56. The lowest BCUT2D eigenvalue weighted by Gasteiger charge is -2.24. The zero-order valence-corrected chi connectivity index (χ0v) is 11.1. The molecule has 1 heterocycles. The van der Waals surface area contributed by atoms with E-state index in [1.807, 2.05) is 0 Å². The molecule has 1 fully saturated rings. The Morgan fingerprint density at radius 1 is 1.16 bits per heavy atom. The average Bonchev–Trinajstić information content (AvgIpc) is 2.32. The topological polar surface area (TPSA) is 40.5 Å². The molecular formula is C15H20FNO2. The predicted molar refractivity (Wildman–Crippen MR) is 71.7 cm³/mol. The summed E-state index contributed by atoms with van der Waals surface area (Å²) >= 11 is 0. The highest BCUT2D eigenvalue weighted by atomic mass is 19.1. The zero-order valence-electron chi connectivity index (χ0n) is 11.1. The van der Waals surface area contributed by atoms with Crippen LogP contribution in [-0.2, 0) is 6.54 Å². The fraction of sp³-hybridized carbons (Fsp3) is 0.533. The number of benzene rings is 1. The van der Waals surface area contributed by atoms with Crippen LogP contribution in [0.15, 0.2) is 18.2 Å². The van der Waals surface area contributed by atoms with Gasteiger partial charge in [0.2, 0.25) is 0 Å². The number of likely N-dealkylation sites (tertiary alicyclic amines) is 1. The van der Waals surface area contributed by atoms with Gasteiger partial charge in [-0.1, -0.05) is 25.3 Å². The van der Waals surface area contributed by atoms with Gasteiger partial charge in [-0.3, -0.25) is 4.90 Å². The van der Waals surface area contributed by atoms with Gasteiger partial charge in [-0.2, -0.15) is 0 Å². The first kappa shape index (κ1) is 14.0. The molecule has 0 radical (unpaired) electrons. The number of nitrogens with zero attached hydrogens (tertiary/aromatic N) is 1. The number of hydrogen-bond donors (Lipinski definition) is 1. The molecule has 0 aromatic heterocycles. The lowest BCUT2D eigenvalue weighted by molar-refractivity contribution is 0.0692. The molecular weight excluding hydrogens is 245 g/mol. The van der Waals surface area contributed by atoms with Crippen molar-refractivity contribution in [3.63, 3.8) is 0 Å². The van der Waals surface area contributed by atoms with Gasteiger partial charge in [0, 0.05) is 6.54 Å². The van der Waals surface area contributed by atoms with Crippen LogP contribution in [0, 0.1) is 5.82 Å². The number of carboxylic acid groups (broad SMARTS) is 1. The van der Waals surface area contributed by atoms with Gasteiger partial charge in [0.15, 0.2) is 0 Å². The fourth-order valence-electron chi connectivity index (χ4n) is 2.56. The van der Waals surface area contributed by atoms with Gasteiger partial charge in [-0.05, 0) is 43.6 Å². The monoisotopic (exact) mass is 265 g/mol. The minimum Gasteiger partial charge on any atom is -0.478 e. The highest BCUT2D eigenvalue weighted by Crippen LogP contribution is 2.16. The molecule has 104 valence electrons. The Balaban J connectivity index is 2.01. The van der Waals surface area contributed by atoms with E-state index in [9.17, 15) is 9.18 Å². The molecule has 4 heteroatoms. The quantitative estimate of drug-likeness (QED) is 0.911. The minimum atomic E-state index is -1.21. The standard InChI is InChI=1S/C15H20FNO2/c16-14-10-12(6-7-13(14)15(18)19)11-17-8-4-2-1-3-5-9-17/h6-7,10H,1-5,8-9,11H2,(H,18,19). The highest BCUT2D eigenvalue weighted by molar-refractivity contribution is 5.87. The van der Waals surface area contributed by atoms with Gasteiger partial charge in [0.05, 0.1) is 5.56 Å². The Morgan fingerprint density at radius 3 is 2.37 bits per heavy atom. The maximum Gasteiger partial charge on any atom is 0.338 e. The van der Waals surface area contributed by atoms with E-state index in [2.05, 4.69) is 4.90 Å². The molecule has 0 aliphatic carbocycles. The average molecular weight is 265 g/mol. The molecule has 0 unspecified atom stereocenters. The Kier molecular flexibility index (Phi) is 4.91. The summed E-state index contributed by atoms with van der Waals surface area (Å²) in [6.07, 6.45) is 6.23. The van der Waals surface area contributed by atoms with E-state index in [-0.39, 0.29) is 5.56 Å². The van der Waals surface area contributed by atoms with Gasteiger partial charge in [-0.15, -0.1) is 0 Å². The normalized spacial score (nSPS) is 17.7. The number of rotatable bonds is 3. The predicted octanol–water partition coefficient (Wildman–Crippen LogP) is 3.29. The third kappa shape index (κ3) is 4.03. The number of halogens is 1. The van der Waals surface area contributed by atoms with Crippen molar-refractivity contribution >= 4 is 5.97 Å². The first-order valence-corrected chi connectivity index (χ1v) is 6.91. The summed E-state index contributed by atoms with van der Waals surface area (Å²) in [5.74, 6) is -1.85. The molecule has 0 atom stereocenters. The van der Waals surface area contributed by atoms with E-state index in [4.69, 9.17) is 5.11 Å². The molecule has 0 spiro atoms. The summed E-state index contributed by atoms with van der Waals surface area (Å²) in [5, 5.41) is 8.80. The number of carboxylic acids is 1. The van der Waals surface area contributed by atoms with Crippen LogP contribution in [-0.4, -0.2) is 29.1 Å². The van der Waals surface area contributed by atoms with Crippen molar-refractivity contribution in [1.29, 1.82) is 0 Å². The van der Waals surface area contributed by atoms with E-state index in [0.29, 0.717) is 6.54 Å². The summed E-state index contributed by atoms with van der Waals surface area (Å²) in [7, 11) is 0. The summed E-state index contributed by atoms with van der Waals surface area (Å²) in [5.41, 5.74) is 0.597. The minimum absolute atomic E-state index is 0.253. The Hall–Kier alpha value is -1.42. The summed E-state index contributed by atoms with van der Waals surface area (Å²) < 4.78 is 13.6. The molecule has 0 amide bonds. The molecule has 1 aromatic carbocycles. The van der Waals surface area contributed by atoms with Crippen LogP contribution in [0.25, 0.3) is 0 Å². The zero-order chi connectivity index (χ0) is 13.7. The maximum absolute atomic E-state index is 13.6. The van der Waals surface area contributed by atoms with Crippen LogP contribution in [0.1, 0.15) is 48.0 Å². The van der Waals surface area contributed by atoms with Crippen molar-refractivity contribution in [2.45, 2.75) is 38.6 Å². The van der Waals surface area contributed by atoms with Gasteiger partial charge >= 0.3 is 5.97 Å². The van der Waals surface area contributed by atoms with E-state index >= 15 is 0 Å². The Labute approximate surface area is 113 Å². The second kappa shape index (κ2) is 6.66. The molecule has 1 N–H and O–H groups in total. The van der Waals surface area contributed by atoms with Crippen molar-refractivity contribution in [3.8, 4) is 0 Å². The maximum atomic E-state index is 13.6. The molecule has 1 aromatic rings. The van der Waals surface area contributed by atoms with Gasteiger partial charge in [-0.25, -0.2) is 9.18 Å². The highest BCUT2D eigenvalue weighted by Gasteiger charge is 2.13. The third-order valence-corrected chi connectivity index (χ3v) is 3.62. The van der Waals surface area contributed by atoms with Crippen molar-refractivity contribution in [2.24, 2.45) is 0 Å². The van der Waals surface area contributed by atoms with Crippen LogP contribution in [0.2, 0.25) is 0 Å². The van der Waals surface area contributed by atoms with Crippen LogP contribution in [0.5, 0.6) is 0 Å². The number of carbonyl (C=O) groups is 1. The Morgan fingerprint density at radius 2 is 1.79 bits per heavy atom. The number of aromatic carboxylic acids is 1. The van der Waals surface area contributed by atoms with E-state index < -0.39 is 11.8 Å². The van der Waals surface area contributed by atoms with Crippen molar-refractivity contribution < 1.29 is 14.3 Å². The molecule has 3 nitrogen and oxygen atoms in total. The molecule has 1 aliphatic rings. The summed E-state index contributed by atoms with van der Waals surface area (Å²) in [6, 6.07) is 4.42. The van der Waals surface area contributed by atoms with Gasteiger partial charge in [0.25, 0.3) is 0 Å². The Bertz CT molecular complexity index is 440. The first-order valence-electron chi connectivity index (χ1n) is 6.91. The molecule has 1 saturated heterocycles. The smallest absolute Gasteiger partial charge is 0.338 e. The molecule has 0 bridgehead atoms. The van der Waals surface area contributed by atoms with Gasteiger partial charge in [0.1, 0.15) is 5.82 Å². The lowest BCUT2D eigenvalue weighted by atomic mass is 10.1. The van der Waals surface area contributed by atoms with E-state index in [0.717, 1.165) is 18.7 Å². The third-order valence-electron chi connectivity index (χ3n) is 3.62. The molecule has 1 aliphatic heterocycles. The van der Waals surface area contributed by atoms with Crippen LogP contribution in [0.4, 0.5) is 4.39 Å². The SMILES string of the molecule is O=C(O)c1ccc(CN2CCCCCCC2)cc1F. The number of hydrogen-bond acceptors (Lipinski definition) is 2. The van der Waals surface area contributed by atoms with Gasteiger partial charge < -0.3 is 5.11 Å². The van der Waals surface area contributed by atoms with E-state index in [1.54, 1.807) is 6.07 Å². The first-order chi connectivity index (χ1) is 9.16. The lowest BCUT2D eigenvalue weighted by Crippen LogP contribution is -2.27. The second-order valence-electron chi connectivity index (χ2n) is 5.16. The van der Waals surface area contributed by atoms with Crippen molar-refractivity contribution in [2.75, 3.05) is 13.1 Å². The summed E-state index contributed by atoms with van der Waals surface area (Å²) in [4.78, 5) is 13.1. The summed E-state index contributed by atoms with van der Waals surface area (Å²) in [6.45, 7) is 2.79. The van der Waals surface area contributed by atoms with Crippen molar-refractivity contribution in [1.82, 2.24) is 4.90 Å². The van der Waals surface area contributed by atoms with E-state index in [1.165, 1.54) is 44.2 Å². The molecule has 19 heavy (non-hydrogen) atoms.